The zero-order valence-electron chi connectivity index (χ0n) is 17.9. The Morgan fingerprint density at radius 1 is 1.00 bits per heavy atom. The molecule has 2 aromatic rings. The fourth-order valence-corrected chi connectivity index (χ4v) is 4.24. The average molecular weight is 443 g/mol. The highest BCUT2D eigenvalue weighted by Gasteiger charge is 2.24. The van der Waals surface area contributed by atoms with Crippen molar-refractivity contribution in [2.75, 3.05) is 23.3 Å². The van der Waals surface area contributed by atoms with Crippen LogP contribution in [0.4, 0.5) is 25.8 Å². The van der Waals surface area contributed by atoms with Gasteiger partial charge in [0.15, 0.2) is 11.6 Å². The third kappa shape index (κ3) is 5.36. The summed E-state index contributed by atoms with van der Waals surface area (Å²) >= 11 is 0. The molecule has 2 fully saturated rings. The van der Waals surface area contributed by atoms with E-state index in [0.29, 0.717) is 50.3 Å². The summed E-state index contributed by atoms with van der Waals surface area (Å²) in [5.74, 6) is -1.42. The lowest BCUT2D eigenvalue weighted by molar-refractivity contribution is -0.131. The van der Waals surface area contributed by atoms with E-state index in [2.05, 4.69) is 16.0 Å². The van der Waals surface area contributed by atoms with Gasteiger partial charge in [-0.15, -0.1) is 0 Å². The van der Waals surface area contributed by atoms with E-state index in [9.17, 15) is 18.4 Å². The van der Waals surface area contributed by atoms with Crippen LogP contribution >= 0.6 is 0 Å². The Kier molecular flexibility index (Phi) is 6.87. The first kappa shape index (κ1) is 22.0. The Balaban J connectivity index is 1.34. The van der Waals surface area contributed by atoms with E-state index in [1.807, 2.05) is 12.1 Å². The van der Waals surface area contributed by atoms with Crippen molar-refractivity contribution in [1.29, 1.82) is 0 Å². The molecule has 0 saturated carbocycles. The molecule has 0 aliphatic carbocycles. The Bertz CT molecular complexity index is 951. The predicted octanol–water partition coefficient (Wildman–Crippen LogP) is 3.98. The molecule has 2 amide bonds. The summed E-state index contributed by atoms with van der Waals surface area (Å²) in [7, 11) is 0. The summed E-state index contributed by atoms with van der Waals surface area (Å²) in [5, 5.41) is 8.56. The molecule has 3 N–H and O–H groups in total. The quantitative estimate of drug-likeness (QED) is 0.633. The standard InChI is InChI=1S/C24H28F2N4O2/c25-19-13-18(14-20(26)23(19)30-11-2-1-3-12-30)28-17-9-7-16(8-10-17)15-27-24(32)21-5-4-6-22(31)29-21/h7-10,13-14,21,28H,1-6,11-12,15H2,(H,27,32)(H,29,31). The molecule has 32 heavy (non-hydrogen) atoms. The molecule has 1 unspecified atom stereocenters. The number of amides is 2. The number of carbonyl (C=O) groups excluding carboxylic acids is 2. The molecule has 6 nitrogen and oxygen atoms in total. The monoisotopic (exact) mass is 442 g/mol. The van der Waals surface area contributed by atoms with Crippen LogP contribution in [0.15, 0.2) is 36.4 Å². The highest BCUT2D eigenvalue weighted by molar-refractivity contribution is 5.88. The van der Waals surface area contributed by atoms with Crippen molar-refractivity contribution in [2.45, 2.75) is 51.1 Å². The number of anilines is 3. The smallest absolute Gasteiger partial charge is 0.242 e. The molecular formula is C24H28F2N4O2. The minimum atomic E-state index is -0.566. The summed E-state index contributed by atoms with van der Waals surface area (Å²) < 4.78 is 29.3. The van der Waals surface area contributed by atoms with E-state index >= 15 is 0 Å². The molecule has 2 aromatic carbocycles. The van der Waals surface area contributed by atoms with Crippen LogP contribution in [0.25, 0.3) is 0 Å². The number of benzene rings is 2. The minimum Gasteiger partial charge on any atom is -0.367 e. The molecule has 170 valence electrons. The second-order valence-electron chi connectivity index (χ2n) is 8.39. The van der Waals surface area contributed by atoms with Crippen LogP contribution in [-0.2, 0) is 16.1 Å². The van der Waals surface area contributed by atoms with Gasteiger partial charge in [0.05, 0.1) is 0 Å². The zero-order chi connectivity index (χ0) is 22.5. The van der Waals surface area contributed by atoms with Gasteiger partial charge < -0.3 is 20.9 Å². The van der Waals surface area contributed by atoms with Gasteiger partial charge in [-0.3, -0.25) is 9.59 Å². The average Bonchev–Trinajstić information content (AvgIpc) is 2.79. The van der Waals surface area contributed by atoms with Gasteiger partial charge in [0.25, 0.3) is 0 Å². The van der Waals surface area contributed by atoms with Crippen LogP contribution in [-0.4, -0.2) is 30.9 Å². The molecule has 8 heteroatoms. The fourth-order valence-electron chi connectivity index (χ4n) is 4.24. The highest BCUT2D eigenvalue weighted by atomic mass is 19.1. The normalized spacial score (nSPS) is 18.8. The largest absolute Gasteiger partial charge is 0.367 e. The number of nitrogens with one attached hydrogen (secondary N) is 3. The van der Waals surface area contributed by atoms with Crippen LogP contribution in [0.2, 0.25) is 0 Å². The second kappa shape index (κ2) is 9.97. The summed E-state index contributed by atoms with van der Waals surface area (Å²) in [6.07, 6.45) is 4.81. The molecule has 0 bridgehead atoms. The Morgan fingerprint density at radius 2 is 1.69 bits per heavy atom. The van der Waals surface area contributed by atoms with Crippen molar-refractivity contribution in [2.24, 2.45) is 0 Å². The molecule has 2 aliphatic rings. The molecule has 1 atom stereocenters. The summed E-state index contributed by atoms with van der Waals surface area (Å²) in [4.78, 5) is 25.4. The topological polar surface area (TPSA) is 73.5 Å². The number of piperidine rings is 2. The van der Waals surface area contributed by atoms with Gasteiger partial charge in [0.1, 0.15) is 11.7 Å². The molecule has 2 saturated heterocycles. The first-order valence-electron chi connectivity index (χ1n) is 11.2. The molecular weight excluding hydrogens is 414 g/mol. The molecule has 2 aliphatic heterocycles. The van der Waals surface area contributed by atoms with Gasteiger partial charge in [0, 0.05) is 37.4 Å². The van der Waals surface area contributed by atoms with Crippen molar-refractivity contribution in [3.05, 3.63) is 53.6 Å². The van der Waals surface area contributed by atoms with Crippen molar-refractivity contribution in [1.82, 2.24) is 10.6 Å². The number of carbonyl (C=O) groups is 2. The van der Waals surface area contributed by atoms with E-state index in [4.69, 9.17) is 0 Å². The SMILES string of the molecule is O=C1CCCC(C(=O)NCc2ccc(Nc3cc(F)c(N4CCCCC4)c(F)c3)cc2)N1. The summed E-state index contributed by atoms with van der Waals surface area (Å²) in [5.41, 5.74) is 1.96. The summed E-state index contributed by atoms with van der Waals surface area (Å²) in [6.45, 7) is 1.68. The maximum atomic E-state index is 14.6. The Hall–Kier alpha value is -3.16. The van der Waals surface area contributed by atoms with Gasteiger partial charge in [-0.1, -0.05) is 12.1 Å². The van der Waals surface area contributed by atoms with E-state index < -0.39 is 17.7 Å². The van der Waals surface area contributed by atoms with Crippen LogP contribution in [0, 0.1) is 11.6 Å². The maximum Gasteiger partial charge on any atom is 0.242 e. The van der Waals surface area contributed by atoms with Crippen molar-refractivity contribution in [3.8, 4) is 0 Å². The van der Waals surface area contributed by atoms with Crippen molar-refractivity contribution < 1.29 is 18.4 Å². The zero-order valence-corrected chi connectivity index (χ0v) is 17.9. The van der Waals surface area contributed by atoms with Crippen molar-refractivity contribution >= 4 is 28.9 Å². The van der Waals surface area contributed by atoms with E-state index in [1.165, 1.54) is 12.1 Å². The molecule has 0 radical (unpaired) electrons. The van der Waals surface area contributed by atoms with Gasteiger partial charge in [0.2, 0.25) is 11.8 Å². The Morgan fingerprint density at radius 3 is 2.34 bits per heavy atom. The minimum absolute atomic E-state index is 0.0514. The lowest BCUT2D eigenvalue weighted by Crippen LogP contribution is -2.48. The molecule has 0 spiro atoms. The molecule has 2 heterocycles. The summed E-state index contributed by atoms with van der Waals surface area (Å²) in [6, 6.07) is 9.40. The van der Waals surface area contributed by atoms with Crippen LogP contribution in [0.5, 0.6) is 0 Å². The van der Waals surface area contributed by atoms with Crippen LogP contribution in [0.1, 0.15) is 44.1 Å². The maximum absolute atomic E-state index is 14.6. The van der Waals surface area contributed by atoms with Gasteiger partial charge in [-0.2, -0.15) is 0 Å². The molecule has 4 rings (SSSR count). The fraction of sp³-hybridized carbons (Fsp3) is 0.417. The number of hydrogen-bond acceptors (Lipinski definition) is 4. The molecule has 0 aromatic heterocycles. The van der Waals surface area contributed by atoms with Gasteiger partial charge in [-0.05, 0) is 61.9 Å². The van der Waals surface area contributed by atoms with E-state index in [-0.39, 0.29) is 17.5 Å². The number of hydrogen-bond donors (Lipinski definition) is 3. The lowest BCUT2D eigenvalue weighted by atomic mass is 10.0. The van der Waals surface area contributed by atoms with Crippen LogP contribution < -0.4 is 20.9 Å². The number of rotatable bonds is 6. The lowest BCUT2D eigenvalue weighted by Gasteiger charge is -2.29. The van der Waals surface area contributed by atoms with E-state index in [0.717, 1.165) is 24.8 Å². The third-order valence-corrected chi connectivity index (χ3v) is 5.95. The van der Waals surface area contributed by atoms with Gasteiger partial charge in [-0.25, -0.2) is 8.78 Å². The number of nitrogens with zero attached hydrogens (tertiary/aromatic N) is 1. The highest BCUT2D eigenvalue weighted by Crippen LogP contribution is 2.30. The first-order chi connectivity index (χ1) is 15.5. The predicted molar refractivity (Wildman–Crippen MR) is 120 cm³/mol. The third-order valence-electron chi connectivity index (χ3n) is 5.95. The van der Waals surface area contributed by atoms with Crippen molar-refractivity contribution in [3.63, 3.8) is 0 Å². The Labute approximate surface area is 186 Å². The van der Waals surface area contributed by atoms with Gasteiger partial charge >= 0.3 is 0 Å². The second-order valence-corrected chi connectivity index (χ2v) is 8.39. The first-order valence-corrected chi connectivity index (χ1v) is 11.2. The number of halogens is 2. The van der Waals surface area contributed by atoms with E-state index in [1.54, 1.807) is 17.0 Å². The van der Waals surface area contributed by atoms with Crippen LogP contribution in [0.3, 0.4) is 0 Å².